The summed E-state index contributed by atoms with van der Waals surface area (Å²) in [4.78, 5) is 66.1. The van der Waals surface area contributed by atoms with Crippen molar-refractivity contribution in [1.29, 1.82) is 0 Å². The van der Waals surface area contributed by atoms with Gasteiger partial charge in [0, 0.05) is 204 Å². The zero-order valence-electron chi connectivity index (χ0n) is 54.3. The van der Waals surface area contributed by atoms with Gasteiger partial charge in [-0.1, -0.05) is 0 Å². The van der Waals surface area contributed by atoms with Gasteiger partial charge in [-0.05, 0) is 458 Å². The zero-order chi connectivity index (χ0) is 85.3. The van der Waals surface area contributed by atoms with Crippen LogP contribution >= 0.6 is 478 Å². The van der Waals surface area contributed by atoms with Gasteiger partial charge in [-0.3, -0.25) is 0 Å². The molecule has 119 heavy (non-hydrogen) atoms. The molecule has 0 saturated carbocycles. The molecule has 0 spiro atoms. The molecule has 609 valence electrons. The van der Waals surface area contributed by atoms with Crippen molar-refractivity contribution in [3.8, 4) is 91.1 Å². The summed E-state index contributed by atoms with van der Waals surface area (Å²) in [6.07, 6.45) is 0. The predicted molar refractivity (Wildman–Crippen MR) is 560 cm³/mol. The second kappa shape index (κ2) is 35.2. The van der Waals surface area contributed by atoms with Crippen LogP contribution in [0.3, 0.4) is 0 Å². The Balaban J connectivity index is 0.000000176. The topological polar surface area (TPSA) is 311 Å². The van der Waals surface area contributed by atoms with Gasteiger partial charge in [0.05, 0.1) is 51.0 Å². The number of hydrogen-bond acceptors (Lipinski definition) is 18. The Morgan fingerprint density at radius 1 is 0.235 bits per heavy atom. The quantitative estimate of drug-likeness (QED) is 0.0703. The molecular weight excluding hydrogens is 3610 g/mol. The molecule has 0 atom stereocenters. The minimum absolute atomic E-state index is 0. The number of rotatable bonds is 2. The summed E-state index contributed by atoms with van der Waals surface area (Å²) in [7, 11) is -10.3. The Kier molecular flexibility index (Phi) is 28.2. The van der Waals surface area contributed by atoms with Crippen LogP contribution in [0.15, 0.2) is 147 Å². The molecule has 6 aromatic heterocycles. The molecule has 55 heteroatoms. The summed E-state index contributed by atoms with van der Waals surface area (Å²) in [5.74, 6) is 1.63. The standard InChI is InChI=1S/2C32H3Br15N8O3S.Cu/c2*33-3-1-2-4(12(35)11(3)34)26-48-25(2)49-30-10-7(15(38)22(45)23(46)24(10)59(56,57)58)28(52-30)50-27-5-6(14(37)19(42)18(41)13(5)36)29(51-27)54-32-9-8(31(53-26)55(32)47)16(39)20(43)21(44)17(9)40;/h2*1H,(H,56,57,58)(H,48,49,50,51,52,53,54);/q;;+2/p-2. The van der Waals surface area contributed by atoms with Crippen LogP contribution < -0.4 is 0 Å². The van der Waals surface area contributed by atoms with Gasteiger partial charge in [-0.15, -0.1) is 0 Å². The third kappa shape index (κ3) is 15.3. The van der Waals surface area contributed by atoms with E-state index in [4.69, 9.17) is 59.8 Å². The second-order valence-corrected chi connectivity index (χ2v) is 50.6. The molecule has 0 fully saturated rings. The van der Waals surface area contributed by atoms with Crippen LogP contribution in [-0.2, 0) is 37.3 Å². The molecule has 0 aliphatic carbocycles. The molecule has 22 nitrogen and oxygen atoms in total. The molecule has 4 aliphatic heterocycles. The van der Waals surface area contributed by atoms with E-state index in [9.17, 15) is 25.9 Å². The second-order valence-electron chi connectivity index (χ2n) is 24.2. The van der Waals surface area contributed by atoms with E-state index in [2.05, 4.69) is 488 Å². The van der Waals surface area contributed by atoms with E-state index in [1.54, 1.807) is 7.19 Å². The molecule has 8 aromatic carbocycles. The fourth-order valence-corrected chi connectivity index (χ4v) is 33.4. The number of nitrogens with zero attached hydrogens (tertiary/aromatic N) is 14. The van der Waals surface area contributed by atoms with Gasteiger partial charge >= 0.3 is 17.1 Å². The van der Waals surface area contributed by atoms with Crippen LogP contribution in [0.5, 0.6) is 0 Å². The average Bonchev–Trinajstić information content (AvgIpc) is 1.57. The Morgan fingerprint density at radius 3 is 0.706 bits per heavy atom. The maximum absolute atomic E-state index is 13.2. The molecule has 14 aromatic rings. The first-order chi connectivity index (χ1) is 55.3. The summed E-state index contributed by atoms with van der Waals surface area (Å²) >= 11 is 110. The SMILES string of the molecule is O=S(=O)([O-])c1c(Br)c(Br)c(Br)c2c3nc4nc(nc5c6c(Br)c(Br)c(Br)c(Br)c6c(nc6nc(nc([nH]3)c12)-c1cc(Br)c(Br)c(Br)c1-6)n5Br)-c1c(Br)c(Br)c(Br)c(Br)c1-4.O=S(=O)([O-])c1c(Br)c(Br)c(Br)c2c3nc4nc(nc5c6c(Br)c(Br)c(Br)c(Br)c6c(nc6nc(nc([nH]3)c12)-c1cc(Br)c(Br)c(Br)c1-6)n5Br)-c1c(Br)c(Br)c(Br)c(Br)c1-4.[Cu+2]. The number of nitrogens with one attached hydrogen (secondary N) is 2. The van der Waals surface area contributed by atoms with Crippen molar-refractivity contribution in [2.24, 2.45) is 0 Å². The van der Waals surface area contributed by atoms with Crippen molar-refractivity contribution >= 4 is 587 Å². The van der Waals surface area contributed by atoms with E-state index in [0.29, 0.717) is 196 Å². The summed E-state index contributed by atoms with van der Waals surface area (Å²) in [5.41, 5.74) is 6.16. The molecule has 18 rings (SSSR count). The van der Waals surface area contributed by atoms with E-state index in [1.807, 2.05) is 12.1 Å². The Labute approximate surface area is 928 Å². The van der Waals surface area contributed by atoms with Gasteiger partial charge < -0.3 is 19.1 Å². The average molecular weight is 3620 g/mol. The van der Waals surface area contributed by atoms with Crippen LogP contribution in [0.4, 0.5) is 0 Å². The molecule has 1 radical (unpaired) electrons. The van der Waals surface area contributed by atoms with Crippen LogP contribution in [0, 0.1) is 0 Å². The molecule has 0 saturated heterocycles. The Bertz CT molecular complexity index is 7480. The largest absolute Gasteiger partial charge is 2.00 e. The van der Waals surface area contributed by atoms with Crippen LogP contribution in [0.25, 0.3) is 179 Å². The number of halogens is 30. The Morgan fingerprint density at radius 2 is 0.437 bits per heavy atom. The third-order valence-electron chi connectivity index (χ3n) is 17.9. The van der Waals surface area contributed by atoms with Gasteiger partial charge in [0.2, 0.25) is 0 Å². The molecule has 2 N–H and O–H groups in total. The monoisotopic (exact) mass is 3590 g/mol. The minimum atomic E-state index is -5.16. The molecular formula is C64H4Br30CuN16O6S2. The smallest absolute Gasteiger partial charge is 0.744 e. The molecule has 0 unspecified atom stereocenters. The number of aromatic amines is 2. The van der Waals surface area contributed by atoms with Crippen molar-refractivity contribution in [2.45, 2.75) is 9.79 Å². The first-order valence-corrected chi connectivity index (χ1v) is 56.9. The van der Waals surface area contributed by atoms with Crippen molar-refractivity contribution < 1.29 is 43.0 Å². The van der Waals surface area contributed by atoms with Crippen molar-refractivity contribution in [3.05, 3.63) is 137 Å². The fourth-order valence-electron chi connectivity index (χ4n) is 13.0. The number of aromatic nitrogens is 16. The molecule has 0 amide bonds. The van der Waals surface area contributed by atoms with Crippen LogP contribution in [0.2, 0.25) is 0 Å². The maximum atomic E-state index is 13.2. The summed E-state index contributed by atoms with van der Waals surface area (Å²) in [5, 5.41) is 2.94. The third-order valence-corrected chi connectivity index (χ3v) is 54.2. The zero-order valence-corrected chi connectivity index (χ0v) is 104. The van der Waals surface area contributed by atoms with Crippen molar-refractivity contribution in [2.75, 3.05) is 0 Å². The summed E-state index contributed by atoms with van der Waals surface area (Å²) < 4.78 is 98.0. The predicted octanol–water partition coefficient (Wildman–Crippen LogP) is 34.2. The van der Waals surface area contributed by atoms with Crippen LogP contribution in [-0.4, -0.2) is 103 Å². The van der Waals surface area contributed by atoms with E-state index in [1.165, 1.54) is 0 Å². The van der Waals surface area contributed by atoms with E-state index in [-0.39, 0.29) is 126 Å². The van der Waals surface area contributed by atoms with Gasteiger partial charge in [0.15, 0.2) is 69.2 Å². The van der Waals surface area contributed by atoms with Gasteiger partial charge in [-0.2, -0.15) is 0 Å². The van der Waals surface area contributed by atoms with Gasteiger partial charge in [-0.25, -0.2) is 83.8 Å². The fraction of sp³-hybridized carbons (Fsp3) is 0. The first kappa shape index (κ1) is 95.4. The number of fused-ring (bicyclic) bond motifs is 40. The van der Waals surface area contributed by atoms with Crippen molar-refractivity contribution in [3.63, 3.8) is 0 Å². The van der Waals surface area contributed by atoms with E-state index < -0.39 is 30.0 Å². The molecule has 10 heterocycles. The van der Waals surface area contributed by atoms with Gasteiger partial charge in [0.25, 0.3) is 0 Å². The number of benzene rings is 8. The van der Waals surface area contributed by atoms with E-state index >= 15 is 0 Å². The molecule has 16 bridgehead atoms. The van der Waals surface area contributed by atoms with Crippen molar-refractivity contribution in [1.82, 2.24) is 77.0 Å². The normalized spacial score (nSPS) is 12.4. The van der Waals surface area contributed by atoms with Gasteiger partial charge in [0.1, 0.15) is 42.8 Å². The Hall–Kier alpha value is 3.22. The van der Waals surface area contributed by atoms with Crippen LogP contribution in [0.1, 0.15) is 0 Å². The summed E-state index contributed by atoms with van der Waals surface area (Å²) in [6.45, 7) is 0. The number of hydrogen-bond donors (Lipinski definition) is 2. The minimum Gasteiger partial charge on any atom is -0.744 e. The maximum Gasteiger partial charge on any atom is 2.00 e. The number of H-pyrrole nitrogens is 2. The van der Waals surface area contributed by atoms with E-state index in [0.717, 1.165) is 0 Å². The first-order valence-electron chi connectivity index (χ1n) is 30.5. The molecule has 4 aliphatic rings. The summed E-state index contributed by atoms with van der Waals surface area (Å²) in [6, 6.07) is 3.62.